The first-order chi connectivity index (χ1) is 14.5. The Labute approximate surface area is 183 Å². The first-order valence-corrected chi connectivity index (χ1v) is 10.5. The first kappa shape index (κ1) is 24.6. The van der Waals surface area contributed by atoms with Crippen molar-refractivity contribution < 1.29 is 13.2 Å². The van der Waals surface area contributed by atoms with E-state index in [0.717, 1.165) is 41.9 Å². The number of halogens is 3. The molecule has 0 radical (unpaired) electrons. The van der Waals surface area contributed by atoms with Gasteiger partial charge in [-0.25, -0.2) is 0 Å². The minimum atomic E-state index is -4.38. The maximum absolute atomic E-state index is 13.0. The molecule has 3 nitrogen and oxygen atoms in total. The van der Waals surface area contributed by atoms with Crippen LogP contribution >= 0.6 is 0 Å². The molecule has 0 saturated heterocycles. The quantitative estimate of drug-likeness (QED) is 0.480. The van der Waals surface area contributed by atoms with Crippen LogP contribution in [-0.2, 0) is 6.18 Å². The second kappa shape index (κ2) is 10.1. The molecule has 1 N–H and O–H groups in total. The largest absolute Gasteiger partial charge is 0.416 e. The van der Waals surface area contributed by atoms with Gasteiger partial charge in [0.15, 0.2) is 0 Å². The van der Waals surface area contributed by atoms with Crippen molar-refractivity contribution in [3.05, 3.63) is 64.4 Å². The zero-order valence-electron chi connectivity index (χ0n) is 19.0. The van der Waals surface area contributed by atoms with Crippen LogP contribution in [0.5, 0.6) is 0 Å². The molecule has 1 aromatic carbocycles. The van der Waals surface area contributed by atoms with Crippen molar-refractivity contribution in [1.29, 1.82) is 0 Å². The van der Waals surface area contributed by atoms with Crippen molar-refractivity contribution in [1.82, 2.24) is 5.32 Å². The third-order valence-electron chi connectivity index (χ3n) is 4.97. The molecular weight excluding hydrogens is 399 g/mol. The van der Waals surface area contributed by atoms with Crippen LogP contribution in [0.1, 0.15) is 52.2 Å². The Bertz CT molecular complexity index is 895. The first-order valence-electron chi connectivity index (χ1n) is 10.5. The highest BCUT2D eigenvalue weighted by Gasteiger charge is 2.30. The van der Waals surface area contributed by atoms with Gasteiger partial charge in [-0.1, -0.05) is 45.9 Å². The molecule has 1 aliphatic carbocycles. The third-order valence-corrected chi connectivity index (χ3v) is 4.97. The van der Waals surface area contributed by atoms with Crippen molar-refractivity contribution >= 4 is 18.6 Å². The topological polar surface area (TPSA) is 36.8 Å². The summed E-state index contributed by atoms with van der Waals surface area (Å²) < 4.78 is 38.9. The third kappa shape index (κ3) is 6.94. The fraction of sp³-hybridized carbons (Fsp3) is 0.440. The van der Waals surface area contributed by atoms with Gasteiger partial charge in [-0.15, -0.1) is 0 Å². The van der Waals surface area contributed by atoms with Gasteiger partial charge >= 0.3 is 6.18 Å². The SMILES string of the molecule is C=N/C(=C(\C=N/CC)C1=CCC(C)C(NCC(C)(C)C)=C1)c1ccc(C(F)(F)F)cc1. The summed E-state index contributed by atoms with van der Waals surface area (Å²) in [5.74, 6) is 0.349. The summed E-state index contributed by atoms with van der Waals surface area (Å²) in [6.45, 7) is 15.7. The van der Waals surface area contributed by atoms with Crippen LogP contribution in [0.4, 0.5) is 13.2 Å². The number of hydrogen-bond acceptors (Lipinski definition) is 3. The molecule has 0 bridgehead atoms. The molecule has 0 aromatic heterocycles. The zero-order valence-corrected chi connectivity index (χ0v) is 19.0. The molecule has 1 atom stereocenters. The lowest BCUT2D eigenvalue weighted by Crippen LogP contribution is -2.29. The molecule has 0 aliphatic heterocycles. The minimum Gasteiger partial charge on any atom is -0.388 e. The Morgan fingerprint density at radius 2 is 1.84 bits per heavy atom. The van der Waals surface area contributed by atoms with E-state index >= 15 is 0 Å². The summed E-state index contributed by atoms with van der Waals surface area (Å²) in [6.07, 6.45) is 2.42. The van der Waals surface area contributed by atoms with E-state index in [4.69, 9.17) is 0 Å². The molecule has 0 fully saturated rings. The predicted octanol–water partition coefficient (Wildman–Crippen LogP) is 6.69. The Balaban J connectivity index is 2.51. The maximum atomic E-state index is 13.0. The molecule has 6 heteroatoms. The van der Waals surface area contributed by atoms with E-state index in [2.05, 4.69) is 61.9 Å². The lowest BCUT2D eigenvalue weighted by atomic mass is 9.88. The van der Waals surface area contributed by atoms with Crippen molar-refractivity contribution in [3.8, 4) is 0 Å². The number of aliphatic imine (C=N–C) groups is 2. The fourth-order valence-electron chi connectivity index (χ4n) is 3.18. The smallest absolute Gasteiger partial charge is 0.388 e. The molecule has 0 saturated carbocycles. The van der Waals surface area contributed by atoms with E-state index < -0.39 is 11.7 Å². The number of rotatable bonds is 7. The van der Waals surface area contributed by atoms with E-state index in [1.165, 1.54) is 12.1 Å². The molecule has 1 aliphatic rings. The van der Waals surface area contributed by atoms with Crippen molar-refractivity contribution in [2.24, 2.45) is 21.3 Å². The zero-order chi connectivity index (χ0) is 23.2. The average Bonchev–Trinajstić information content (AvgIpc) is 2.69. The van der Waals surface area contributed by atoms with E-state index in [-0.39, 0.29) is 5.41 Å². The van der Waals surface area contributed by atoms with Crippen molar-refractivity contribution in [2.45, 2.75) is 47.2 Å². The summed E-state index contributed by atoms with van der Waals surface area (Å²) in [5, 5.41) is 3.55. The highest BCUT2D eigenvalue weighted by atomic mass is 19.4. The predicted molar refractivity (Wildman–Crippen MR) is 124 cm³/mol. The van der Waals surface area contributed by atoms with Gasteiger partial charge < -0.3 is 5.32 Å². The van der Waals surface area contributed by atoms with E-state index in [0.29, 0.717) is 23.7 Å². The van der Waals surface area contributed by atoms with Crippen LogP contribution in [0, 0.1) is 11.3 Å². The van der Waals surface area contributed by atoms with Gasteiger partial charge in [0.25, 0.3) is 0 Å². The highest BCUT2D eigenvalue weighted by Crippen LogP contribution is 2.33. The molecule has 0 heterocycles. The van der Waals surface area contributed by atoms with E-state index in [1.807, 2.05) is 6.92 Å². The summed E-state index contributed by atoms with van der Waals surface area (Å²) >= 11 is 0. The number of hydrogen-bond donors (Lipinski definition) is 1. The normalized spacial score (nSPS) is 18.4. The van der Waals surface area contributed by atoms with Crippen LogP contribution < -0.4 is 5.32 Å². The van der Waals surface area contributed by atoms with E-state index in [1.54, 1.807) is 6.21 Å². The average molecular weight is 432 g/mol. The standard InChI is InChI=1S/C25H32F3N3/c1-7-30-15-21(19-9-8-17(2)22(14-19)31-16-24(3,4)5)23(29-6)18-10-12-20(13-11-18)25(26,27)28/h9-15,17,31H,6-8,16H2,1-5H3/b23-21+,30-15-. The molecule has 2 rings (SSSR count). The Morgan fingerprint density at radius 3 is 2.35 bits per heavy atom. The van der Waals surface area contributed by atoms with Crippen molar-refractivity contribution in [3.63, 3.8) is 0 Å². The van der Waals surface area contributed by atoms with Gasteiger partial charge in [0, 0.05) is 36.1 Å². The van der Waals surface area contributed by atoms with Gasteiger partial charge in [-0.3, -0.25) is 9.98 Å². The molecule has 1 unspecified atom stereocenters. The number of nitrogens with one attached hydrogen (secondary N) is 1. The molecule has 31 heavy (non-hydrogen) atoms. The van der Waals surface area contributed by atoms with Crippen LogP contribution in [0.25, 0.3) is 5.70 Å². The van der Waals surface area contributed by atoms with Crippen LogP contribution in [0.3, 0.4) is 0 Å². The Morgan fingerprint density at radius 1 is 1.19 bits per heavy atom. The van der Waals surface area contributed by atoms with Gasteiger partial charge in [0.1, 0.15) is 0 Å². The lowest BCUT2D eigenvalue weighted by Gasteiger charge is -2.27. The molecule has 168 valence electrons. The lowest BCUT2D eigenvalue weighted by molar-refractivity contribution is -0.137. The molecule has 1 aromatic rings. The van der Waals surface area contributed by atoms with Gasteiger partial charge in [-0.05, 0) is 55.2 Å². The number of nitrogens with zero attached hydrogens (tertiary/aromatic N) is 2. The Hall–Kier alpha value is -2.63. The van der Waals surface area contributed by atoms with Gasteiger partial charge in [-0.2, -0.15) is 13.2 Å². The maximum Gasteiger partial charge on any atom is 0.416 e. The molecule has 0 spiro atoms. The number of allylic oxidation sites excluding steroid dienone is 5. The van der Waals surface area contributed by atoms with Gasteiger partial charge in [0.05, 0.1) is 11.3 Å². The summed E-state index contributed by atoms with van der Waals surface area (Å²) in [7, 11) is 0. The van der Waals surface area contributed by atoms with Crippen LogP contribution in [-0.4, -0.2) is 26.0 Å². The van der Waals surface area contributed by atoms with Crippen molar-refractivity contribution in [2.75, 3.05) is 13.1 Å². The summed E-state index contributed by atoms with van der Waals surface area (Å²) in [6, 6.07) is 5.00. The fourth-order valence-corrected chi connectivity index (χ4v) is 3.18. The molecule has 0 amide bonds. The minimum absolute atomic E-state index is 0.137. The van der Waals surface area contributed by atoms with Gasteiger partial charge in [0.2, 0.25) is 0 Å². The van der Waals surface area contributed by atoms with E-state index in [9.17, 15) is 13.2 Å². The van der Waals surface area contributed by atoms with Crippen LogP contribution in [0.2, 0.25) is 0 Å². The molecular formula is C25H32F3N3. The highest BCUT2D eigenvalue weighted by molar-refractivity contribution is 5.97. The summed E-state index contributed by atoms with van der Waals surface area (Å²) in [5.41, 5.74) is 3.34. The number of alkyl halides is 3. The summed E-state index contributed by atoms with van der Waals surface area (Å²) in [4.78, 5) is 8.56. The number of benzene rings is 1. The Kier molecular flexibility index (Phi) is 8.04. The second-order valence-corrected chi connectivity index (χ2v) is 8.93. The van der Waals surface area contributed by atoms with Crippen LogP contribution in [0.15, 0.2) is 63.2 Å². The second-order valence-electron chi connectivity index (χ2n) is 8.93. The monoisotopic (exact) mass is 431 g/mol.